The van der Waals surface area contributed by atoms with Crippen LogP contribution in [0.4, 0.5) is 0 Å². The third kappa shape index (κ3) is 3.27. The minimum absolute atomic E-state index is 0.221. The van der Waals surface area contributed by atoms with Gasteiger partial charge in [0, 0.05) is 5.57 Å². The smallest absolute Gasteiger partial charge is 0.267 e. The van der Waals surface area contributed by atoms with E-state index >= 15 is 0 Å². The second-order valence-corrected chi connectivity index (χ2v) is 4.66. The molecule has 2 aromatic rings. The number of amides is 1. The molecule has 2 aromatic carbocycles. The van der Waals surface area contributed by atoms with E-state index < -0.39 is 0 Å². The number of hydrogen-bond acceptors (Lipinski definition) is 4. The van der Waals surface area contributed by atoms with Gasteiger partial charge in [0.1, 0.15) is 5.22 Å². The van der Waals surface area contributed by atoms with Gasteiger partial charge in [0.05, 0.1) is 5.11 Å². The molecule has 0 bridgehead atoms. The fourth-order valence-electron chi connectivity index (χ4n) is 2.06. The summed E-state index contributed by atoms with van der Waals surface area (Å²) in [5.41, 5.74) is 4.99. The molecule has 1 amide bonds. The highest BCUT2D eigenvalue weighted by molar-refractivity contribution is 6.24. The molecule has 107 valence electrons. The third-order valence-corrected chi connectivity index (χ3v) is 3.10. The zero-order chi connectivity index (χ0) is 15.2. The standard InChI is InChI=1S/C17H14N4O/c22-17(19-16-12-18-21-20-16)15(14-9-5-2-6-10-14)11-13-7-3-1-4-8-13/h1-12H,(H2,19,20,21,22)/q+1. The van der Waals surface area contributed by atoms with Crippen LogP contribution in [0.25, 0.3) is 11.6 Å². The Morgan fingerprint density at radius 2 is 1.73 bits per heavy atom. The molecular formula is C17H14N4O+. The highest BCUT2D eigenvalue weighted by atomic mass is 16.1. The number of nitrogens with zero attached hydrogens (tertiary/aromatic N) is 2. The first-order valence-electron chi connectivity index (χ1n) is 6.82. The van der Waals surface area contributed by atoms with Crippen molar-refractivity contribution in [3.63, 3.8) is 0 Å². The molecule has 0 unspecified atom stereocenters. The van der Waals surface area contributed by atoms with Crippen molar-refractivity contribution in [3.05, 3.63) is 83.8 Å². The lowest BCUT2D eigenvalue weighted by molar-refractivity contribution is -0.115. The maximum absolute atomic E-state index is 12.6. The lowest BCUT2D eigenvalue weighted by atomic mass is 10.0. The van der Waals surface area contributed by atoms with Gasteiger partial charge in [-0.3, -0.25) is 10.1 Å². The molecule has 1 heterocycles. The van der Waals surface area contributed by atoms with Crippen LogP contribution in [-0.4, -0.2) is 5.91 Å². The number of rotatable bonds is 4. The van der Waals surface area contributed by atoms with Crippen LogP contribution in [0.1, 0.15) is 11.1 Å². The van der Waals surface area contributed by atoms with Gasteiger partial charge in [0.2, 0.25) is 6.20 Å². The maximum Gasteiger partial charge on any atom is 0.267 e. The van der Waals surface area contributed by atoms with Gasteiger partial charge in [-0.2, -0.15) is 0 Å². The van der Waals surface area contributed by atoms with Crippen molar-refractivity contribution in [1.29, 1.82) is 0 Å². The van der Waals surface area contributed by atoms with Crippen molar-refractivity contribution < 1.29 is 4.79 Å². The van der Waals surface area contributed by atoms with E-state index in [0.29, 0.717) is 11.4 Å². The molecule has 1 radical (unpaired) electrons. The Hall–Kier alpha value is -3.21. The van der Waals surface area contributed by atoms with E-state index in [2.05, 4.69) is 21.1 Å². The van der Waals surface area contributed by atoms with E-state index in [1.807, 2.05) is 66.7 Å². The Balaban J connectivity index is 1.92. The lowest BCUT2D eigenvalue weighted by Crippen LogP contribution is -2.28. The number of carbonyl (C=O) groups is 1. The van der Waals surface area contributed by atoms with Gasteiger partial charge in [-0.15, -0.1) is 5.43 Å². The quantitative estimate of drug-likeness (QED) is 0.671. The van der Waals surface area contributed by atoms with E-state index in [1.54, 1.807) is 0 Å². The summed E-state index contributed by atoms with van der Waals surface area (Å²) in [6, 6.07) is 19.2. The summed E-state index contributed by atoms with van der Waals surface area (Å²) >= 11 is 0. The molecule has 0 saturated carbocycles. The summed E-state index contributed by atoms with van der Waals surface area (Å²) in [6.45, 7) is 0. The van der Waals surface area contributed by atoms with E-state index in [-0.39, 0.29) is 5.91 Å². The van der Waals surface area contributed by atoms with E-state index in [0.717, 1.165) is 11.1 Å². The van der Waals surface area contributed by atoms with Crippen LogP contribution in [0.15, 0.2) is 77.9 Å². The molecule has 0 saturated heterocycles. The molecular weight excluding hydrogens is 276 g/mol. The predicted octanol–water partition coefficient (Wildman–Crippen LogP) is 2.45. The average molecular weight is 290 g/mol. The summed E-state index contributed by atoms with van der Waals surface area (Å²) in [4.78, 5) is 12.6. The topological polar surface area (TPSA) is 67.6 Å². The number of benzene rings is 2. The molecule has 0 aliphatic carbocycles. The highest BCUT2D eigenvalue weighted by Gasteiger charge is 2.18. The van der Waals surface area contributed by atoms with Crippen molar-refractivity contribution in [1.82, 2.24) is 15.9 Å². The molecule has 0 fully saturated rings. The van der Waals surface area contributed by atoms with Gasteiger partial charge < -0.3 is 0 Å². The van der Waals surface area contributed by atoms with Gasteiger partial charge in [0.15, 0.2) is 0 Å². The normalized spacial score (nSPS) is 13.5. The molecule has 0 spiro atoms. The van der Waals surface area contributed by atoms with E-state index in [4.69, 9.17) is 0 Å². The van der Waals surface area contributed by atoms with Crippen molar-refractivity contribution in [2.45, 2.75) is 0 Å². The summed E-state index contributed by atoms with van der Waals surface area (Å²) in [6.07, 6.45) is 3.32. The summed E-state index contributed by atoms with van der Waals surface area (Å²) in [5, 5.41) is 9.99. The third-order valence-electron chi connectivity index (χ3n) is 3.10. The lowest BCUT2D eigenvalue weighted by Gasteiger charge is -2.08. The van der Waals surface area contributed by atoms with Crippen LogP contribution in [0.5, 0.6) is 0 Å². The first-order valence-corrected chi connectivity index (χ1v) is 6.82. The molecule has 5 heteroatoms. The van der Waals surface area contributed by atoms with E-state index in [1.165, 1.54) is 6.20 Å². The number of nitrogens with one attached hydrogen (secondary N) is 2. The van der Waals surface area contributed by atoms with Crippen LogP contribution in [0.3, 0.4) is 0 Å². The van der Waals surface area contributed by atoms with Gasteiger partial charge in [-0.1, -0.05) is 60.7 Å². The number of hydrogen-bond donors (Lipinski definition) is 2. The monoisotopic (exact) mass is 290 g/mol. The van der Waals surface area contributed by atoms with Gasteiger partial charge in [-0.25, -0.2) is 0 Å². The Kier molecular flexibility index (Phi) is 4.06. The minimum Gasteiger partial charge on any atom is -0.284 e. The van der Waals surface area contributed by atoms with Gasteiger partial charge >= 0.3 is 0 Å². The second-order valence-electron chi connectivity index (χ2n) is 4.66. The van der Waals surface area contributed by atoms with Crippen molar-refractivity contribution in [3.8, 4) is 0 Å². The highest BCUT2D eigenvalue weighted by Crippen LogP contribution is 2.18. The second kappa shape index (κ2) is 6.49. The molecule has 0 aromatic heterocycles. The molecule has 22 heavy (non-hydrogen) atoms. The molecule has 3 rings (SSSR count). The van der Waals surface area contributed by atoms with Crippen LogP contribution in [0, 0.1) is 0 Å². The zero-order valence-corrected chi connectivity index (χ0v) is 11.7. The van der Waals surface area contributed by atoms with Crippen molar-refractivity contribution in [2.75, 3.05) is 0 Å². The molecule has 0 atom stereocenters. The van der Waals surface area contributed by atoms with Crippen LogP contribution in [0.2, 0.25) is 0 Å². The van der Waals surface area contributed by atoms with Crippen molar-refractivity contribution in [2.24, 2.45) is 5.22 Å². The van der Waals surface area contributed by atoms with E-state index in [9.17, 15) is 4.79 Å². The summed E-state index contributed by atoms with van der Waals surface area (Å²) < 4.78 is 0. The Labute approximate surface area is 128 Å². The Bertz CT molecular complexity index is 749. The largest absolute Gasteiger partial charge is 0.284 e. The molecule has 5 nitrogen and oxygen atoms in total. The fraction of sp³-hybridized carbons (Fsp3) is 0. The SMILES string of the molecule is O=C(NC1=C[N+]=NN1)C(=Cc1ccccc1)c1ccccc1. The average Bonchev–Trinajstić information content (AvgIpc) is 3.07. The number of carbonyl (C=O) groups excluding carboxylic acids is 1. The fourth-order valence-corrected chi connectivity index (χ4v) is 2.06. The molecule has 1 aliphatic heterocycles. The molecule has 2 N–H and O–H groups in total. The summed E-state index contributed by atoms with van der Waals surface area (Å²) in [7, 11) is 0. The first-order chi connectivity index (χ1) is 10.8. The van der Waals surface area contributed by atoms with Gasteiger partial charge in [0.25, 0.3) is 11.7 Å². The molecule has 1 aliphatic rings. The maximum atomic E-state index is 12.6. The van der Waals surface area contributed by atoms with Crippen LogP contribution in [-0.2, 0) is 4.79 Å². The first kappa shape index (κ1) is 13.8. The minimum atomic E-state index is -0.221. The Morgan fingerprint density at radius 3 is 2.36 bits per heavy atom. The van der Waals surface area contributed by atoms with Gasteiger partial charge in [-0.05, 0) is 17.2 Å². The zero-order valence-electron chi connectivity index (χ0n) is 11.7. The Morgan fingerprint density at radius 1 is 1.05 bits per heavy atom. The van der Waals surface area contributed by atoms with Crippen molar-refractivity contribution >= 4 is 17.6 Å². The van der Waals surface area contributed by atoms with Crippen LogP contribution < -0.4 is 15.9 Å². The van der Waals surface area contributed by atoms with Crippen LogP contribution >= 0.6 is 0 Å². The predicted molar refractivity (Wildman–Crippen MR) is 84.7 cm³/mol. The summed E-state index contributed by atoms with van der Waals surface area (Å²) in [5.74, 6) is 0.237.